The first-order valence-corrected chi connectivity index (χ1v) is 9.59. The van der Waals surface area contributed by atoms with Crippen molar-refractivity contribution in [3.05, 3.63) is 48.5 Å². The van der Waals surface area contributed by atoms with Gasteiger partial charge < -0.3 is 9.64 Å². The molecule has 1 fully saturated rings. The molecule has 6 heteroatoms. The Kier molecular flexibility index (Phi) is 4.94. The van der Waals surface area contributed by atoms with Crippen molar-refractivity contribution < 1.29 is 13.2 Å². The van der Waals surface area contributed by atoms with Crippen LogP contribution in [0.5, 0.6) is 5.75 Å². The quantitative estimate of drug-likeness (QED) is 0.900. The van der Waals surface area contributed by atoms with Crippen molar-refractivity contribution >= 4 is 21.4 Å². The molecule has 2 aromatic rings. The normalized spacial score (nSPS) is 15.1. The Labute approximate surface area is 143 Å². The van der Waals surface area contributed by atoms with Crippen molar-refractivity contribution in [3.63, 3.8) is 0 Å². The number of piperidine rings is 1. The highest BCUT2D eigenvalue weighted by atomic mass is 32.2. The lowest BCUT2D eigenvalue weighted by Gasteiger charge is -2.28. The van der Waals surface area contributed by atoms with Gasteiger partial charge in [0.1, 0.15) is 5.75 Å². The van der Waals surface area contributed by atoms with Gasteiger partial charge in [-0.25, -0.2) is 8.42 Å². The van der Waals surface area contributed by atoms with E-state index in [-0.39, 0.29) is 4.90 Å². The van der Waals surface area contributed by atoms with Gasteiger partial charge in [0.25, 0.3) is 10.0 Å². The van der Waals surface area contributed by atoms with Crippen molar-refractivity contribution in [2.75, 3.05) is 29.8 Å². The molecule has 1 heterocycles. The molecule has 2 aromatic carbocycles. The number of methoxy groups -OCH3 is 1. The Morgan fingerprint density at radius 3 is 2.12 bits per heavy atom. The van der Waals surface area contributed by atoms with Gasteiger partial charge in [-0.2, -0.15) is 0 Å². The Balaban J connectivity index is 1.72. The van der Waals surface area contributed by atoms with E-state index >= 15 is 0 Å². The predicted molar refractivity (Wildman–Crippen MR) is 96.3 cm³/mol. The maximum Gasteiger partial charge on any atom is 0.261 e. The van der Waals surface area contributed by atoms with Gasteiger partial charge >= 0.3 is 0 Å². The molecule has 0 bridgehead atoms. The van der Waals surface area contributed by atoms with Gasteiger partial charge in [-0.05, 0) is 67.8 Å². The molecule has 0 unspecified atom stereocenters. The van der Waals surface area contributed by atoms with Crippen LogP contribution in [-0.2, 0) is 10.0 Å². The second-order valence-electron chi connectivity index (χ2n) is 5.88. The van der Waals surface area contributed by atoms with Crippen LogP contribution < -0.4 is 14.4 Å². The van der Waals surface area contributed by atoms with Gasteiger partial charge in [-0.1, -0.05) is 0 Å². The second kappa shape index (κ2) is 7.13. The van der Waals surface area contributed by atoms with Crippen molar-refractivity contribution in [1.29, 1.82) is 0 Å². The maximum atomic E-state index is 12.4. The number of nitrogens with zero attached hydrogens (tertiary/aromatic N) is 1. The maximum absolute atomic E-state index is 12.4. The minimum absolute atomic E-state index is 0.211. The molecule has 0 spiro atoms. The molecular formula is C18H22N2O3S. The molecule has 0 amide bonds. The van der Waals surface area contributed by atoms with E-state index in [0.717, 1.165) is 18.8 Å². The fourth-order valence-corrected chi connectivity index (χ4v) is 3.92. The number of rotatable bonds is 5. The molecule has 24 heavy (non-hydrogen) atoms. The summed E-state index contributed by atoms with van der Waals surface area (Å²) in [6, 6.07) is 13.9. The third kappa shape index (κ3) is 3.82. The van der Waals surface area contributed by atoms with E-state index < -0.39 is 10.0 Å². The first-order chi connectivity index (χ1) is 11.6. The zero-order valence-electron chi connectivity index (χ0n) is 13.7. The van der Waals surface area contributed by atoms with E-state index in [4.69, 9.17) is 4.74 Å². The van der Waals surface area contributed by atoms with E-state index in [1.54, 1.807) is 19.2 Å². The van der Waals surface area contributed by atoms with E-state index in [1.807, 2.05) is 24.3 Å². The monoisotopic (exact) mass is 346 g/mol. The number of hydrogen-bond acceptors (Lipinski definition) is 4. The molecular weight excluding hydrogens is 324 g/mol. The Morgan fingerprint density at radius 1 is 0.917 bits per heavy atom. The van der Waals surface area contributed by atoms with Crippen LogP contribution in [0.4, 0.5) is 11.4 Å². The summed E-state index contributed by atoms with van der Waals surface area (Å²) in [6.07, 6.45) is 3.72. The lowest BCUT2D eigenvalue weighted by Crippen LogP contribution is -2.29. The van der Waals surface area contributed by atoms with E-state index in [2.05, 4.69) is 9.62 Å². The minimum atomic E-state index is -3.60. The lowest BCUT2D eigenvalue weighted by molar-refractivity contribution is 0.414. The highest BCUT2D eigenvalue weighted by Crippen LogP contribution is 2.24. The van der Waals surface area contributed by atoms with Crippen LogP contribution in [0.1, 0.15) is 19.3 Å². The number of benzene rings is 2. The largest absolute Gasteiger partial charge is 0.497 e. The SMILES string of the molecule is COc1ccc(S(=O)(=O)Nc2ccc(N3CCCCC3)cc2)cc1. The van der Waals surface area contributed by atoms with Crippen LogP contribution in [-0.4, -0.2) is 28.6 Å². The number of anilines is 2. The van der Waals surface area contributed by atoms with E-state index in [1.165, 1.54) is 31.4 Å². The summed E-state index contributed by atoms with van der Waals surface area (Å²) in [5, 5.41) is 0. The molecule has 5 nitrogen and oxygen atoms in total. The Morgan fingerprint density at radius 2 is 1.54 bits per heavy atom. The molecule has 1 aliphatic heterocycles. The van der Waals surface area contributed by atoms with Crippen molar-refractivity contribution in [2.45, 2.75) is 24.2 Å². The summed E-state index contributed by atoms with van der Waals surface area (Å²) in [5.74, 6) is 0.625. The molecule has 1 N–H and O–H groups in total. The summed E-state index contributed by atoms with van der Waals surface area (Å²) in [4.78, 5) is 2.55. The molecule has 0 aliphatic carbocycles. The smallest absolute Gasteiger partial charge is 0.261 e. The zero-order chi connectivity index (χ0) is 17.0. The van der Waals surface area contributed by atoms with Crippen LogP contribution in [0, 0.1) is 0 Å². The first kappa shape index (κ1) is 16.6. The molecule has 3 rings (SSSR count). The van der Waals surface area contributed by atoms with Crippen LogP contribution in [0.3, 0.4) is 0 Å². The highest BCUT2D eigenvalue weighted by molar-refractivity contribution is 7.92. The standard InChI is InChI=1S/C18H22N2O3S/c1-23-17-9-11-18(12-10-17)24(21,22)19-15-5-7-16(8-6-15)20-13-3-2-4-14-20/h5-12,19H,2-4,13-14H2,1H3. The van der Waals surface area contributed by atoms with Gasteiger partial charge in [0.15, 0.2) is 0 Å². The van der Waals surface area contributed by atoms with Gasteiger partial charge in [-0.3, -0.25) is 4.72 Å². The van der Waals surface area contributed by atoms with Gasteiger partial charge in [-0.15, -0.1) is 0 Å². The summed E-state index contributed by atoms with van der Waals surface area (Å²) < 4.78 is 32.5. The molecule has 1 saturated heterocycles. The summed E-state index contributed by atoms with van der Waals surface area (Å²) in [6.45, 7) is 2.13. The fraction of sp³-hybridized carbons (Fsp3) is 0.333. The fourth-order valence-electron chi connectivity index (χ4n) is 2.86. The van der Waals surface area contributed by atoms with Gasteiger partial charge in [0.2, 0.25) is 0 Å². The first-order valence-electron chi connectivity index (χ1n) is 8.10. The van der Waals surface area contributed by atoms with Gasteiger partial charge in [0, 0.05) is 24.5 Å². The van der Waals surface area contributed by atoms with Gasteiger partial charge in [0.05, 0.1) is 12.0 Å². The summed E-state index contributed by atoms with van der Waals surface area (Å²) >= 11 is 0. The minimum Gasteiger partial charge on any atom is -0.497 e. The summed E-state index contributed by atoms with van der Waals surface area (Å²) in [5.41, 5.74) is 1.70. The number of ether oxygens (including phenoxy) is 1. The molecule has 0 aromatic heterocycles. The summed E-state index contributed by atoms with van der Waals surface area (Å²) in [7, 11) is -2.05. The van der Waals surface area contributed by atoms with E-state index in [9.17, 15) is 8.42 Å². The number of sulfonamides is 1. The molecule has 1 aliphatic rings. The van der Waals surface area contributed by atoms with Crippen molar-refractivity contribution in [2.24, 2.45) is 0 Å². The molecule has 0 saturated carbocycles. The molecule has 0 atom stereocenters. The Hall–Kier alpha value is -2.21. The van der Waals surface area contributed by atoms with Crippen LogP contribution in [0.25, 0.3) is 0 Å². The zero-order valence-corrected chi connectivity index (χ0v) is 14.6. The third-order valence-corrected chi connectivity index (χ3v) is 5.61. The third-order valence-electron chi connectivity index (χ3n) is 4.21. The average molecular weight is 346 g/mol. The number of hydrogen-bond donors (Lipinski definition) is 1. The molecule has 128 valence electrons. The van der Waals surface area contributed by atoms with Crippen LogP contribution in [0.2, 0.25) is 0 Å². The lowest BCUT2D eigenvalue weighted by atomic mass is 10.1. The highest BCUT2D eigenvalue weighted by Gasteiger charge is 2.15. The molecule has 0 radical (unpaired) electrons. The van der Waals surface area contributed by atoms with Crippen molar-refractivity contribution in [3.8, 4) is 5.75 Å². The predicted octanol–water partition coefficient (Wildman–Crippen LogP) is 3.49. The van der Waals surface area contributed by atoms with E-state index in [0.29, 0.717) is 11.4 Å². The number of nitrogens with one attached hydrogen (secondary N) is 1. The Bertz CT molecular complexity index is 765. The topological polar surface area (TPSA) is 58.6 Å². The van der Waals surface area contributed by atoms with Crippen LogP contribution >= 0.6 is 0 Å². The second-order valence-corrected chi connectivity index (χ2v) is 7.56. The average Bonchev–Trinajstić information content (AvgIpc) is 2.63. The van der Waals surface area contributed by atoms with Crippen molar-refractivity contribution in [1.82, 2.24) is 0 Å². The van der Waals surface area contributed by atoms with Crippen LogP contribution in [0.15, 0.2) is 53.4 Å².